The fraction of sp³-hybridized carbons (Fsp3) is 0.333. The van der Waals surface area contributed by atoms with E-state index < -0.39 is 12.0 Å². The minimum absolute atomic E-state index is 0.235. The number of anilines is 1. The first kappa shape index (κ1) is 23.4. The number of amides is 2. The van der Waals surface area contributed by atoms with Crippen LogP contribution < -0.4 is 15.5 Å². The van der Waals surface area contributed by atoms with Crippen molar-refractivity contribution >= 4 is 40.9 Å². The van der Waals surface area contributed by atoms with Gasteiger partial charge in [0.2, 0.25) is 0 Å². The zero-order chi connectivity index (χ0) is 23.4. The molecule has 7 nitrogen and oxygen atoms in total. The summed E-state index contributed by atoms with van der Waals surface area (Å²) < 4.78 is 5.34. The molecule has 33 heavy (non-hydrogen) atoms. The molecule has 2 amide bonds. The monoisotopic (exact) mass is 488 g/mol. The number of halogens is 2. The Morgan fingerprint density at radius 3 is 2.42 bits per heavy atom. The second-order valence-electron chi connectivity index (χ2n) is 7.91. The highest BCUT2D eigenvalue weighted by Gasteiger charge is 2.35. The summed E-state index contributed by atoms with van der Waals surface area (Å²) in [6.45, 7) is 5.63. The Morgan fingerprint density at radius 1 is 1.06 bits per heavy atom. The largest absolute Gasteiger partial charge is 0.463 e. The van der Waals surface area contributed by atoms with E-state index in [1.54, 1.807) is 19.1 Å². The molecule has 4 rings (SSSR count). The molecule has 0 aromatic heterocycles. The molecule has 2 aromatic carbocycles. The quantitative estimate of drug-likeness (QED) is 0.601. The van der Waals surface area contributed by atoms with Gasteiger partial charge in [0.1, 0.15) is 0 Å². The first-order valence-electron chi connectivity index (χ1n) is 10.9. The molecule has 0 spiro atoms. The molecular formula is C24H26Cl2N4O3. The Kier molecular flexibility index (Phi) is 7.42. The van der Waals surface area contributed by atoms with Crippen LogP contribution in [0.3, 0.4) is 0 Å². The molecule has 0 unspecified atom stereocenters. The number of benzene rings is 2. The van der Waals surface area contributed by atoms with Crippen LogP contribution in [0.2, 0.25) is 10.0 Å². The van der Waals surface area contributed by atoms with Crippen molar-refractivity contribution in [3.63, 3.8) is 0 Å². The number of rotatable bonds is 6. The van der Waals surface area contributed by atoms with Crippen LogP contribution >= 0.6 is 23.2 Å². The van der Waals surface area contributed by atoms with Crippen LogP contribution in [0.4, 0.5) is 10.5 Å². The summed E-state index contributed by atoms with van der Waals surface area (Å²) in [5.74, 6) is -0.468. The van der Waals surface area contributed by atoms with Gasteiger partial charge in [-0.1, -0.05) is 41.4 Å². The van der Waals surface area contributed by atoms with Gasteiger partial charge in [-0.25, -0.2) is 9.59 Å². The van der Waals surface area contributed by atoms with Gasteiger partial charge in [-0.05, 0) is 42.8 Å². The lowest BCUT2D eigenvalue weighted by Crippen LogP contribution is -2.51. The predicted octanol–water partition coefficient (Wildman–Crippen LogP) is 3.99. The molecule has 0 saturated carbocycles. The van der Waals surface area contributed by atoms with E-state index in [-0.39, 0.29) is 12.6 Å². The maximum Gasteiger partial charge on any atom is 0.338 e. The molecule has 1 saturated heterocycles. The summed E-state index contributed by atoms with van der Waals surface area (Å²) in [6, 6.07) is 13.9. The number of carbonyl (C=O) groups excluding carboxylic acids is 2. The Labute approximate surface area is 203 Å². The van der Waals surface area contributed by atoms with Crippen LogP contribution in [0.15, 0.2) is 59.8 Å². The molecule has 0 bridgehead atoms. The zero-order valence-electron chi connectivity index (χ0n) is 18.3. The lowest BCUT2D eigenvalue weighted by atomic mass is 9.94. The van der Waals surface area contributed by atoms with Crippen LogP contribution in [0, 0.1) is 0 Å². The summed E-state index contributed by atoms with van der Waals surface area (Å²) in [7, 11) is 0. The highest BCUT2D eigenvalue weighted by Crippen LogP contribution is 2.32. The van der Waals surface area contributed by atoms with Crippen molar-refractivity contribution < 1.29 is 14.3 Å². The topological polar surface area (TPSA) is 73.9 Å². The third-order valence-electron chi connectivity index (χ3n) is 5.81. The molecular weight excluding hydrogens is 463 g/mol. The summed E-state index contributed by atoms with van der Waals surface area (Å²) in [6.07, 6.45) is 0. The summed E-state index contributed by atoms with van der Waals surface area (Å²) in [4.78, 5) is 30.0. The molecule has 2 aliphatic heterocycles. The summed E-state index contributed by atoms with van der Waals surface area (Å²) in [5, 5.41) is 6.86. The molecule has 174 valence electrons. The fourth-order valence-electron chi connectivity index (χ4n) is 4.17. The van der Waals surface area contributed by atoms with Gasteiger partial charge in [0.05, 0.1) is 18.2 Å². The summed E-state index contributed by atoms with van der Waals surface area (Å²) in [5.41, 5.74) is 2.70. The first-order chi connectivity index (χ1) is 16.0. The minimum atomic E-state index is -0.683. The molecule has 2 N–H and O–H groups in total. The Morgan fingerprint density at radius 2 is 1.76 bits per heavy atom. The van der Waals surface area contributed by atoms with E-state index in [1.807, 2.05) is 36.4 Å². The molecule has 0 aliphatic carbocycles. The van der Waals surface area contributed by atoms with E-state index in [0.717, 1.165) is 31.9 Å². The van der Waals surface area contributed by atoms with Gasteiger partial charge in [-0.2, -0.15) is 0 Å². The van der Waals surface area contributed by atoms with Crippen molar-refractivity contribution in [2.24, 2.45) is 0 Å². The Hall–Kier alpha value is -2.74. The van der Waals surface area contributed by atoms with Crippen molar-refractivity contribution in [1.29, 1.82) is 0 Å². The van der Waals surface area contributed by atoms with Gasteiger partial charge in [-0.15, -0.1) is 0 Å². The van der Waals surface area contributed by atoms with E-state index in [0.29, 0.717) is 33.4 Å². The first-order valence-corrected chi connectivity index (χ1v) is 11.7. The highest BCUT2D eigenvalue weighted by atomic mass is 35.5. The van der Waals surface area contributed by atoms with Crippen LogP contribution in [-0.2, 0) is 9.53 Å². The summed E-state index contributed by atoms with van der Waals surface area (Å²) >= 11 is 12.4. The maximum absolute atomic E-state index is 13.0. The van der Waals surface area contributed by atoms with Crippen molar-refractivity contribution in [1.82, 2.24) is 15.5 Å². The molecule has 2 aliphatic rings. The number of urea groups is 1. The van der Waals surface area contributed by atoms with Crippen LogP contribution in [0.1, 0.15) is 18.5 Å². The van der Waals surface area contributed by atoms with Crippen LogP contribution in [-0.4, -0.2) is 56.2 Å². The lowest BCUT2D eigenvalue weighted by Gasteiger charge is -2.38. The van der Waals surface area contributed by atoms with E-state index in [4.69, 9.17) is 27.9 Å². The lowest BCUT2D eigenvalue weighted by molar-refractivity contribution is -0.139. The number of nitrogens with one attached hydrogen (secondary N) is 2. The Balaban J connectivity index is 1.56. The van der Waals surface area contributed by atoms with Crippen molar-refractivity contribution in [2.75, 3.05) is 44.2 Å². The molecule has 1 fully saturated rings. The maximum atomic E-state index is 13.0. The predicted molar refractivity (Wildman–Crippen MR) is 130 cm³/mol. The van der Waals surface area contributed by atoms with Gasteiger partial charge in [0.25, 0.3) is 0 Å². The number of nitrogens with zero attached hydrogens (tertiary/aromatic N) is 2. The smallest absolute Gasteiger partial charge is 0.338 e. The van der Waals surface area contributed by atoms with Gasteiger partial charge in [0, 0.05) is 54.2 Å². The number of ether oxygens (including phenoxy) is 1. The molecule has 2 aromatic rings. The Bertz CT molecular complexity index is 1050. The molecule has 2 heterocycles. The van der Waals surface area contributed by atoms with Crippen molar-refractivity contribution in [3.8, 4) is 0 Å². The van der Waals surface area contributed by atoms with E-state index >= 15 is 0 Å². The molecule has 1 atom stereocenters. The van der Waals surface area contributed by atoms with Gasteiger partial charge in [0.15, 0.2) is 0 Å². The average Bonchev–Trinajstić information content (AvgIpc) is 2.80. The van der Waals surface area contributed by atoms with E-state index in [2.05, 4.69) is 20.4 Å². The van der Waals surface area contributed by atoms with Crippen molar-refractivity contribution in [2.45, 2.75) is 13.0 Å². The van der Waals surface area contributed by atoms with Gasteiger partial charge >= 0.3 is 12.0 Å². The van der Waals surface area contributed by atoms with Gasteiger partial charge in [-0.3, -0.25) is 4.90 Å². The minimum Gasteiger partial charge on any atom is -0.463 e. The normalized spacial score (nSPS) is 19.2. The number of hydrogen-bond donors (Lipinski definition) is 2. The van der Waals surface area contributed by atoms with E-state index in [9.17, 15) is 9.59 Å². The SMILES string of the molecule is CCOC(=O)C1=C(CN2CCN(c3ccc(Cl)cc3)CC2)NC(=O)N[C@@H]1c1ccccc1Cl. The second-order valence-corrected chi connectivity index (χ2v) is 8.75. The standard InChI is InChI=1S/C24H26Cl2N4O3/c1-2-33-23(31)21-20(27-24(32)28-22(21)18-5-3-4-6-19(18)26)15-29-11-13-30(14-12-29)17-9-7-16(25)8-10-17/h3-10,22H,2,11-15H2,1H3,(H2,27,28,32)/t22-/m1/s1. The van der Waals surface area contributed by atoms with E-state index in [1.165, 1.54) is 0 Å². The second kappa shape index (κ2) is 10.5. The third-order valence-corrected chi connectivity index (χ3v) is 6.41. The number of esters is 1. The van der Waals surface area contributed by atoms with Crippen molar-refractivity contribution in [3.05, 3.63) is 75.4 Å². The number of carbonyl (C=O) groups is 2. The highest BCUT2D eigenvalue weighted by molar-refractivity contribution is 6.31. The molecule has 9 heteroatoms. The van der Waals surface area contributed by atoms with Gasteiger partial charge < -0.3 is 20.3 Å². The van der Waals surface area contributed by atoms with Crippen LogP contribution in [0.25, 0.3) is 0 Å². The fourth-order valence-corrected chi connectivity index (χ4v) is 4.55. The zero-order valence-corrected chi connectivity index (χ0v) is 19.8. The third kappa shape index (κ3) is 5.43. The number of hydrogen-bond acceptors (Lipinski definition) is 5. The average molecular weight is 489 g/mol. The molecule has 0 radical (unpaired) electrons. The van der Waals surface area contributed by atoms with Crippen LogP contribution in [0.5, 0.6) is 0 Å². The number of piperazine rings is 1.